The second kappa shape index (κ2) is 12.1. The fraction of sp³-hybridized carbons (Fsp3) is 0.310. The van der Waals surface area contributed by atoms with E-state index in [1.807, 2.05) is 18.4 Å². The third-order valence-electron chi connectivity index (χ3n) is 6.76. The van der Waals surface area contributed by atoms with Crippen molar-refractivity contribution in [1.29, 1.82) is 0 Å². The van der Waals surface area contributed by atoms with Crippen molar-refractivity contribution < 1.29 is 22.7 Å². The Morgan fingerprint density at radius 1 is 1.08 bits per heavy atom. The van der Waals surface area contributed by atoms with Gasteiger partial charge in [-0.15, -0.1) is 0 Å². The van der Waals surface area contributed by atoms with Gasteiger partial charge in [0.05, 0.1) is 17.6 Å². The number of carbonyl (C=O) groups excluding carboxylic acids is 1. The molecule has 1 atom stereocenters. The normalized spacial score (nSPS) is 15.0. The highest BCUT2D eigenvalue weighted by molar-refractivity contribution is 8.13. The van der Waals surface area contributed by atoms with Gasteiger partial charge < -0.3 is 15.4 Å². The first-order chi connectivity index (χ1) is 18.2. The van der Waals surface area contributed by atoms with Crippen molar-refractivity contribution in [3.63, 3.8) is 0 Å². The van der Waals surface area contributed by atoms with Crippen LogP contribution in [0.3, 0.4) is 0 Å². The Labute approximate surface area is 223 Å². The van der Waals surface area contributed by atoms with Crippen LogP contribution in [0.25, 0.3) is 11.1 Å². The summed E-state index contributed by atoms with van der Waals surface area (Å²) < 4.78 is 46.9. The molecule has 0 aromatic heterocycles. The van der Waals surface area contributed by atoms with Crippen molar-refractivity contribution in [3.05, 3.63) is 77.4 Å². The number of anilines is 1. The molecule has 1 amide bonds. The fourth-order valence-corrected chi connectivity index (χ4v) is 5.62. The SMILES string of the molecule is C/C=S(\N)c1ccc(NC(=O)c2ccc(-c3ccccc3C(F)(F)F)c(CNC3CCCC3)c2)cc1OC. The van der Waals surface area contributed by atoms with Crippen LogP contribution in [0, 0.1) is 0 Å². The molecule has 0 bridgehead atoms. The van der Waals surface area contributed by atoms with Crippen LogP contribution in [-0.4, -0.2) is 24.4 Å². The van der Waals surface area contributed by atoms with Crippen molar-refractivity contribution in [2.75, 3.05) is 12.4 Å². The standard InChI is InChI=1S/C29H32F3N3O2S/c1-3-38(33)27-15-13-22(17-26(27)37-2)35-28(36)19-12-14-23(20(16-19)18-34-21-8-4-5-9-21)24-10-6-7-11-25(24)29(30,31)32/h3,6-7,10-17,21,34H,4-5,8-9,18,33H2,1-2H3,(H,35,36). The Morgan fingerprint density at radius 2 is 1.82 bits per heavy atom. The Kier molecular flexibility index (Phi) is 8.91. The molecule has 0 radical (unpaired) electrons. The van der Waals surface area contributed by atoms with E-state index in [-0.39, 0.29) is 11.5 Å². The lowest BCUT2D eigenvalue weighted by Gasteiger charge is -2.19. The molecule has 0 spiro atoms. The molecule has 4 N–H and O–H groups in total. The first-order valence-electron chi connectivity index (χ1n) is 12.5. The predicted molar refractivity (Wildman–Crippen MR) is 149 cm³/mol. The molecule has 1 fully saturated rings. The number of methoxy groups -OCH3 is 1. The van der Waals surface area contributed by atoms with Crippen LogP contribution in [0.2, 0.25) is 0 Å². The van der Waals surface area contributed by atoms with Crippen molar-refractivity contribution >= 4 is 27.6 Å². The number of hydrogen-bond acceptors (Lipinski definition) is 4. The van der Waals surface area contributed by atoms with Gasteiger partial charge in [-0.3, -0.25) is 9.93 Å². The number of halogens is 3. The number of nitrogens with one attached hydrogen (secondary N) is 2. The van der Waals surface area contributed by atoms with Crippen LogP contribution < -0.4 is 20.5 Å². The fourth-order valence-electron chi connectivity index (χ4n) is 4.76. The summed E-state index contributed by atoms with van der Waals surface area (Å²) in [6.45, 7) is 2.23. The second-order valence-corrected chi connectivity index (χ2v) is 10.9. The van der Waals surface area contributed by atoms with Crippen LogP contribution in [-0.2, 0) is 12.7 Å². The maximum atomic E-state index is 13.8. The Morgan fingerprint density at radius 3 is 2.50 bits per heavy atom. The summed E-state index contributed by atoms with van der Waals surface area (Å²) in [5.74, 6) is 0.193. The lowest BCUT2D eigenvalue weighted by atomic mass is 9.93. The average Bonchev–Trinajstić information content (AvgIpc) is 3.44. The predicted octanol–water partition coefficient (Wildman–Crippen LogP) is 6.99. The van der Waals surface area contributed by atoms with E-state index in [2.05, 4.69) is 10.6 Å². The highest BCUT2D eigenvalue weighted by Gasteiger charge is 2.34. The Balaban J connectivity index is 1.66. The van der Waals surface area contributed by atoms with Crippen molar-refractivity contribution in [1.82, 2.24) is 5.32 Å². The number of ether oxygens (including phenoxy) is 1. The topological polar surface area (TPSA) is 76.4 Å². The molecule has 202 valence electrons. The molecule has 1 aliphatic rings. The molecule has 0 aliphatic heterocycles. The third-order valence-corrected chi connectivity index (χ3v) is 8.11. The molecule has 3 aromatic rings. The van der Waals surface area contributed by atoms with Gasteiger partial charge >= 0.3 is 6.18 Å². The minimum atomic E-state index is -4.49. The van der Waals surface area contributed by atoms with Gasteiger partial charge in [-0.1, -0.05) is 47.8 Å². The first kappa shape index (κ1) is 27.9. The number of alkyl halides is 3. The first-order valence-corrected chi connectivity index (χ1v) is 13.9. The van der Waals surface area contributed by atoms with Gasteiger partial charge in [0.1, 0.15) is 5.75 Å². The molecule has 1 saturated carbocycles. The summed E-state index contributed by atoms with van der Waals surface area (Å²) in [5.41, 5.74) is 1.37. The molecule has 5 nitrogen and oxygen atoms in total. The summed E-state index contributed by atoms with van der Waals surface area (Å²) in [7, 11) is 0.945. The van der Waals surface area contributed by atoms with Gasteiger partial charge in [0.25, 0.3) is 5.91 Å². The Bertz CT molecular complexity index is 1330. The molecule has 0 saturated heterocycles. The number of nitrogens with two attached hydrogens (primary N) is 1. The number of hydrogen-bond donors (Lipinski definition) is 3. The molecule has 38 heavy (non-hydrogen) atoms. The van der Waals surface area contributed by atoms with E-state index in [9.17, 15) is 18.0 Å². The van der Waals surface area contributed by atoms with Crippen LogP contribution in [0.1, 0.15) is 54.1 Å². The molecule has 3 aromatic carbocycles. The monoisotopic (exact) mass is 543 g/mol. The molecular formula is C29H32F3N3O2S. The number of benzene rings is 3. The lowest BCUT2D eigenvalue weighted by Crippen LogP contribution is -2.26. The third kappa shape index (κ3) is 6.46. The van der Waals surface area contributed by atoms with Crippen molar-refractivity contribution in [2.24, 2.45) is 5.14 Å². The van der Waals surface area contributed by atoms with Gasteiger partial charge in [-0.25, -0.2) is 0 Å². The van der Waals surface area contributed by atoms with Crippen molar-refractivity contribution in [3.8, 4) is 16.9 Å². The van der Waals surface area contributed by atoms with Crippen molar-refractivity contribution in [2.45, 2.75) is 56.3 Å². The maximum absolute atomic E-state index is 13.8. The minimum Gasteiger partial charge on any atom is -0.495 e. The van der Waals surface area contributed by atoms with Crippen LogP contribution in [0.4, 0.5) is 18.9 Å². The molecule has 1 aliphatic carbocycles. The molecule has 9 heteroatoms. The van der Waals surface area contributed by atoms with Gasteiger partial charge in [-0.2, -0.15) is 13.2 Å². The van der Waals surface area contributed by atoms with Gasteiger partial charge in [0, 0.05) is 29.9 Å². The largest absolute Gasteiger partial charge is 0.495 e. The van der Waals surface area contributed by atoms with E-state index in [1.165, 1.54) is 12.1 Å². The zero-order chi connectivity index (χ0) is 27.3. The minimum absolute atomic E-state index is 0.0976. The van der Waals surface area contributed by atoms with Crippen LogP contribution in [0.15, 0.2) is 65.6 Å². The Hall–Kier alpha value is -3.14. The lowest BCUT2D eigenvalue weighted by molar-refractivity contribution is -0.137. The molecule has 1 unspecified atom stereocenters. The van der Waals surface area contributed by atoms with Gasteiger partial charge in [0.2, 0.25) is 0 Å². The molecular weight excluding hydrogens is 511 g/mol. The van der Waals surface area contributed by atoms with E-state index in [0.717, 1.165) is 36.6 Å². The van der Waals surface area contributed by atoms with Gasteiger partial charge in [-0.05, 0) is 72.2 Å². The number of carbonyl (C=O) groups is 1. The zero-order valence-corrected chi connectivity index (χ0v) is 22.2. The number of amides is 1. The van der Waals surface area contributed by atoms with E-state index >= 15 is 0 Å². The van der Waals surface area contributed by atoms with Crippen LogP contribution in [0.5, 0.6) is 5.75 Å². The smallest absolute Gasteiger partial charge is 0.417 e. The van der Waals surface area contributed by atoms with E-state index < -0.39 is 22.4 Å². The quantitative estimate of drug-likeness (QED) is 0.268. The second-order valence-electron chi connectivity index (χ2n) is 9.20. The summed E-state index contributed by atoms with van der Waals surface area (Å²) in [4.78, 5) is 14.0. The zero-order valence-electron chi connectivity index (χ0n) is 21.4. The van der Waals surface area contributed by atoms with Crippen LogP contribution >= 0.6 is 10.7 Å². The highest BCUT2D eigenvalue weighted by atomic mass is 32.2. The number of rotatable bonds is 8. The highest BCUT2D eigenvalue weighted by Crippen LogP contribution is 2.39. The summed E-state index contributed by atoms with van der Waals surface area (Å²) >= 11 is 0. The molecule has 4 rings (SSSR count). The van der Waals surface area contributed by atoms with E-state index in [0.29, 0.717) is 40.7 Å². The average molecular weight is 544 g/mol. The van der Waals surface area contributed by atoms with E-state index in [4.69, 9.17) is 9.88 Å². The summed E-state index contributed by atoms with van der Waals surface area (Å²) in [6, 6.07) is 16.0. The van der Waals surface area contributed by atoms with Gasteiger partial charge in [0.15, 0.2) is 0 Å². The molecule has 0 heterocycles. The van der Waals surface area contributed by atoms with E-state index in [1.54, 1.807) is 43.5 Å². The summed E-state index contributed by atoms with van der Waals surface area (Å²) in [6.07, 6.45) is -0.159. The maximum Gasteiger partial charge on any atom is 0.417 e. The summed E-state index contributed by atoms with van der Waals surface area (Å²) in [5, 5.41) is 14.3.